The van der Waals surface area contributed by atoms with E-state index in [1.165, 1.54) is 8.61 Å². The maximum absolute atomic E-state index is 14.5. The Morgan fingerprint density at radius 1 is 0.605 bits per heavy atom. The third-order valence-corrected chi connectivity index (χ3v) is 12.5. The summed E-state index contributed by atoms with van der Waals surface area (Å²) in [5.74, 6) is -0.954. The number of Topliss-reactive ketones (excluding diaryl/α,β-unsaturated/α-hetero) is 1. The van der Waals surface area contributed by atoms with Crippen LogP contribution in [0.2, 0.25) is 0 Å². The number of sulfonamides is 2. The first-order valence-corrected chi connectivity index (χ1v) is 17.3. The SMILES string of the molecule is Cc1ccc(S(=O)(=O)N2C[C@H]3C(=O)C[C@@H](c4ccccc4)N(S(=O)(=O)c4ccc(C)cc4)C3C[C@H]2c2ccccc2)cc1. The van der Waals surface area contributed by atoms with Gasteiger partial charge >= 0.3 is 0 Å². The molecule has 4 atom stereocenters. The van der Waals surface area contributed by atoms with Crippen molar-refractivity contribution < 1.29 is 21.6 Å². The summed E-state index contributed by atoms with van der Waals surface area (Å²) in [5.41, 5.74) is 3.35. The van der Waals surface area contributed by atoms with Crippen molar-refractivity contribution in [1.29, 1.82) is 0 Å². The van der Waals surface area contributed by atoms with Crippen molar-refractivity contribution in [3.8, 4) is 0 Å². The second-order valence-corrected chi connectivity index (χ2v) is 15.2. The highest BCUT2D eigenvalue weighted by atomic mass is 32.2. The van der Waals surface area contributed by atoms with Crippen molar-refractivity contribution in [2.75, 3.05) is 6.54 Å². The van der Waals surface area contributed by atoms with E-state index < -0.39 is 44.1 Å². The van der Waals surface area contributed by atoms with Crippen molar-refractivity contribution >= 4 is 25.8 Å². The smallest absolute Gasteiger partial charge is 0.243 e. The molecule has 7 nitrogen and oxygen atoms in total. The summed E-state index contributed by atoms with van der Waals surface area (Å²) in [4.78, 5) is 14.2. The van der Waals surface area contributed by atoms with Crippen LogP contribution >= 0.6 is 0 Å². The summed E-state index contributed by atoms with van der Waals surface area (Å²) in [7, 11) is -8.08. The van der Waals surface area contributed by atoms with Gasteiger partial charge in [-0.3, -0.25) is 4.79 Å². The average molecular weight is 615 g/mol. The highest BCUT2D eigenvalue weighted by Crippen LogP contribution is 2.48. The molecule has 2 saturated heterocycles. The van der Waals surface area contributed by atoms with Gasteiger partial charge in [-0.25, -0.2) is 16.8 Å². The summed E-state index contributed by atoms with van der Waals surface area (Å²) in [6, 6.07) is 29.8. The molecule has 0 spiro atoms. The van der Waals surface area contributed by atoms with E-state index in [4.69, 9.17) is 0 Å². The van der Waals surface area contributed by atoms with Gasteiger partial charge in [-0.05, 0) is 55.7 Å². The zero-order valence-electron chi connectivity index (χ0n) is 24.1. The Bertz CT molecular complexity index is 1830. The molecule has 0 saturated carbocycles. The van der Waals surface area contributed by atoms with E-state index in [0.717, 1.165) is 22.3 Å². The third kappa shape index (κ3) is 5.47. The van der Waals surface area contributed by atoms with Crippen LogP contribution in [-0.4, -0.2) is 43.8 Å². The Morgan fingerprint density at radius 3 is 1.58 bits per heavy atom. The molecule has 1 unspecified atom stereocenters. The quantitative estimate of drug-likeness (QED) is 0.273. The van der Waals surface area contributed by atoms with E-state index in [9.17, 15) is 21.6 Å². The average Bonchev–Trinajstić information content (AvgIpc) is 3.01. The summed E-state index contributed by atoms with van der Waals surface area (Å²) in [5, 5.41) is 0. The lowest BCUT2D eigenvalue weighted by molar-refractivity contribution is -0.132. The molecule has 222 valence electrons. The number of carbonyl (C=O) groups excluding carboxylic acids is 1. The lowest BCUT2D eigenvalue weighted by Crippen LogP contribution is -2.60. The van der Waals surface area contributed by atoms with Gasteiger partial charge in [0.05, 0.1) is 21.9 Å². The molecule has 0 aromatic heterocycles. The van der Waals surface area contributed by atoms with Crippen LogP contribution in [0.15, 0.2) is 119 Å². The predicted octanol–water partition coefficient (Wildman–Crippen LogP) is 5.83. The van der Waals surface area contributed by atoms with Gasteiger partial charge in [-0.2, -0.15) is 8.61 Å². The zero-order valence-corrected chi connectivity index (χ0v) is 25.7. The Hall–Kier alpha value is -3.63. The minimum atomic E-state index is -4.07. The van der Waals surface area contributed by atoms with Crippen molar-refractivity contribution in [3.05, 3.63) is 131 Å². The first-order valence-electron chi connectivity index (χ1n) is 14.4. The number of benzene rings is 4. The number of hydrogen-bond acceptors (Lipinski definition) is 5. The molecule has 2 heterocycles. The number of fused-ring (bicyclic) bond motifs is 1. The fourth-order valence-corrected chi connectivity index (χ4v) is 9.92. The molecule has 0 radical (unpaired) electrons. The fraction of sp³-hybridized carbons (Fsp3) is 0.265. The molecule has 4 aromatic carbocycles. The van der Waals surface area contributed by atoms with Gasteiger partial charge in [-0.15, -0.1) is 0 Å². The van der Waals surface area contributed by atoms with Crippen molar-refractivity contribution in [2.24, 2.45) is 5.92 Å². The molecular weight excluding hydrogens is 581 g/mol. The first kappa shape index (κ1) is 29.4. The molecule has 2 aliphatic heterocycles. The molecule has 6 rings (SSSR count). The van der Waals surface area contributed by atoms with Crippen LogP contribution in [0.3, 0.4) is 0 Å². The van der Waals surface area contributed by atoms with Crippen molar-refractivity contribution in [1.82, 2.24) is 8.61 Å². The van der Waals surface area contributed by atoms with Gasteiger partial charge in [0.2, 0.25) is 20.0 Å². The zero-order chi connectivity index (χ0) is 30.4. The largest absolute Gasteiger partial charge is 0.299 e. The third-order valence-electron chi connectivity index (χ3n) is 8.69. The maximum Gasteiger partial charge on any atom is 0.243 e. The molecule has 4 aromatic rings. The summed E-state index contributed by atoms with van der Waals surface area (Å²) >= 11 is 0. The molecule has 2 aliphatic rings. The molecular formula is C34H34N2O5S2. The van der Waals surface area contributed by atoms with Crippen LogP contribution in [0.5, 0.6) is 0 Å². The maximum atomic E-state index is 14.5. The summed E-state index contributed by atoms with van der Waals surface area (Å²) in [6.07, 6.45) is 0.102. The minimum Gasteiger partial charge on any atom is -0.299 e. The van der Waals surface area contributed by atoms with E-state index >= 15 is 0 Å². The van der Waals surface area contributed by atoms with Gasteiger partial charge in [0.25, 0.3) is 0 Å². The number of rotatable bonds is 6. The highest BCUT2D eigenvalue weighted by molar-refractivity contribution is 7.89. The lowest BCUT2D eigenvalue weighted by Gasteiger charge is -2.51. The molecule has 0 amide bonds. The Kier molecular flexibility index (Phi) is 7.85. The van der Waals surface area contributed by atoms with Gasteiger partial charge in [0, 0.05) is 24.9 Å². The molecule has 2 fully saturated rings. The standard InChI is InChI=1S/C34H34N2O5S2/c1-24-13-17-28(18-14-24)42(38,39)35-23-30-33(21-31(35)26-9-5-3-6-10-26)36(43(40,41)29-19-15-25(2)16-20-29)32(22-34(30)37)27-11-7-4-8-12-27/h3-20,30-33H,21-23H2,1-2H3/t30-,31+,32+,33?/m1/s1. The predicted molar refractivity (Wildman–Crippen MR) is 165 cm³/mol. The van der Waals surface area contributed by atoms with Gasteiger partial charge in [0.1, 0.15) is 5.78 Å². The van der Waals surface area contributed by atoms with Crippen LogP contribution in [0.4, 0.5) is 0 Å². The second kappa shape index (κ2) is 11.5. The monoisotopic (exact) mass is 614 g/mol. The molecule has 0 bridgehead atoms. The van der Waals surface area contributed by atoms with Crippen LogP contribution < -0.4 is 0 Å². The number of nitrogens with zero attached hydrogens (tertiary/aromatic N) is 2. The number of hydrogen-bond donors (Lipinski definition) is 0. The van der Waals surface area contributed by atoms with Crippen LogP contribution in [0, 0.1) is 19.8 Å². The van der Waals surface area contributed by atoms with E-state index in [0.29, 0.717) is 0 Å². The topological polar surface area (TPSA) is 91.8 Å². The summed E-state index contributed by atoms with van der Waals surface area (Å²) in [6.45, 7) is 3.68. The molecule has 9 heteroatoms. The van der Waals surface area contributed by atoms with Gasteiger partial charge < -0.3 is 0 Å². The van der Waals surface area contributed by atoms with E-state index in [1.54, 1.807) is 48.5 Å². The Balaban J connectivity index is 1.50. The number of carbonyl (C=O) groups is 1. The Labute approximate surface area is 253 Å². The molecule has 0 aliphatic carbocycles. The van der Waals surface area contributed by atoms with E-state index in [2.05, 4.69) is 0 Å². The highest BCUT2D eigenvalue weighted by Gasteiger charge is 2.54. The van der Waals surface area contributed by atoms with Crippen LogP contribution in [0.25, 0.3) is 0 Å². The van der Waals surface area contributed by atoms with E-state index in [1.807, 2.05) is 74.5 Å². The number of piperidine rings is 2. The number of aryl methyl sites for hydroxylation is 2. The van der Waals surface area contributed by atoms with Crippen molar-refractivity contribution in [3.63, 3.8) is 0 Å². The fourth-order valence-electron chi connectivity index (χ4n) is 6.42. The molecule has 43 heavy (non-hydrogen) atoms. The van der Waals surface area contributed by atoms with Crippen molar-refractivity contribution in [2.45, 2.75) is 54.6 Å². The number of ketones is 1. The first-order chi connectivity index (χ1) is 20.6. The second-order valence-electron chi connectivity index (χ2n) is 11.5. The molecule has 0 N–H and O–H groups in total. The van der Waals surface area contributed by atoms with Gasteiger partial charge in [0.15, 0.2) is 0 Å². The lowest BCUT2D eigenvalue weighted by atomic mass is 9.77. The van der Waals surface area contributed by atoms with Gasteiger partial charge in [-0.1, -0.05) is 96.1 Å². The summed E-state index contributed by atoms with van der Waals surface area (Å²) < 4.78 is 60.2. The van der Waals surface area contributed by atoms with Crippen LogP contribution in [0.1, 0.15) is 47.2 Å². The van der Waals surface area contributed by atoms with Crippen LogP contribution in [-0.2, 0) is 24.8 Å². The minimum absolute atomic E-state index is 0.0370. The Morgan fingerprint density at radius 2 is 1.07 bits per heavy atom. The normalized spacial score (nSPS) is 23.5. The van der Waals surface area contributed by atoms with E-state index in [-0.39, 0.29) is 35.0 Å².